The molecule has 6 nitrogen and oxygen atoms in total. The van der Waals surface area contributed by atoms with Crippen molar-refractivity contribution in [3.05, 3.63) is 29.8 Å². The number of nitrogens with two attached hydrogens (primary N) is 1. The molecule has 0 bridgehead atoms. The highest BCUT2D eigenvalue weighted by Crippen LogP contribution is 2.37. The third kappa shape index (κ3) is 2.44. The Hall–Kier alpha value is -1.44. The van der Waals surface area contributed by atoms with Crippen molar-refractivity contribution in [1.82, 2.24) is 4.83 Å². The molecule has 1 saturated carbocycles. The van der Waals surface area contributed by atoms with Crippen molar-refractivity contribution in [2.24, 2.45) is 5.84 Å². The van der Waals surface area contributed by atoms with Gasteiger partial charge in [0.1, 0.15) is 5.75 Å². The van der Waals surface area contributed by atoms with Gasteiger partial charge in [-0.15, -0.1) is 0 Å². The zero-order chi connectivity index (χ0) is 14.8. The van der Waals surface area contributed by atoms with Gasteiger partial charge >= 0.3 is 0 Å². The second-order valence-corrected chi connectivity index (χ2v) is 7.08. The van der Waals surface area contributed by atoms with Gasteiger partial charge in [0.25, 0.3) is 0 Å². The Balaban J connectivity index is 2.46. The molecular weight excluding hydrogens is 280 g/mol. The topological polar surface area (TPSA) is 109 Å². The average Bonchev–Trinajstić information content (AvgIpc) is 2.48. The van der Waals surface area contributed by atoms with Crippen LogP contribution in [-0.2, 0) is 10.0 Å². The number of benzene rings is 1. The Morgan fingerprint density at radius 1 is 1.15 bits per heavy atom. The van der Waals surface area contributed by atoms with E-state index in [9.17, 15) is 18.3 Å². The Morgan fingerprint density at radius 2 is 1.70 bits per heavy atom. The number of phenolic OH excluding ortho intramolecular Hbond substituents is 1. The van der Waals surface area contributed by atoms with Crippen LogP contribution in [0.3, 0.4) is 0 Å². The summed E-state index contributed by atoms with van der Waals surface area (Å²) >= 11 is 0. The molecule has 7 heteroatoms. The van der Waals surface area contributed by atoms with Gasteiger partial charge in [-0.1, -0.05) is 19.3 Å². The van der Waals surface area contributed by atoms with Crippen molar-refractivity contribution >= 4 is 15.8 Å². The summed E-state index contributed by atoms with van der Waals surface area (Å²) in [6, 6.07) is 5.60. The number of carbonyl (C=O) groups excluding carboxylic acids is 1. The molecule has 1 aliphatic rings. The third-order valence-corrected chi connectivity index (χ3v) is 5.81. The number of nitrogens with one attached hydrogen (secondary N) is 1. The maximum absolute atomic E-state index is 12.7. The van der Waals surface area contributed by atoms with Crippen LogP contribution in [0.5, 0.6) is 5.75 Å². The van der Waals surface area contributed by atoms with E-state index < -0.39 is 20.6 Å². The molecule has 1 aromatic rings. The smallest absolute Gasteiger partial charge is 0.237 e. The van der Waals surface area contributed by atoms with E-state index in [1.807, 2.05) is 4.83 Å². The summed E-state index contributed by atoms with van der Waals surface area (Å²) in [6.45, 7) is 0. The van der Waals surface area contributed by atoms with Crippen LogP contribution < -0.4 is 10.7 Å². The molecule has 20 heavy (non-hydrogen) atoms. The highest BCUT2D eigenvalue weighted by Gasteiger charge is 2.50. The fraction of sp³-hybridized carbons (Fsp3) is 0.462. The lowest BCUT2D eigenvalue weighted by Gasteiger charge is -2.34. The quantitative estimate of drug-likeness (QED) is 0.437. The number of rotatable bonds is 4. The second-order valence-electron chi connectivity index (χ2n) is 5.05. The van der Waals surface area contributed by atoms with E-state index in [1.165, 1.54) is 24.3 Å². The zero-order valence-corrected chi connectivity index (χ0v) is 11.8. The minimum absolute atomic E-state index is 0.0269. The van der Waals surface area contributed by atoms with E-state index in [4.69, 9.17) is 5.84 Å². The number of Topliss-reactive ketones (excluding diaryl/α,β-unsaturated/α-hetero) is 1. The number of aromatic hydroxyl groups is 1. The minimum atomic E-state index is -3.92. The summed E-state index contributed by atoms with van der Waals surface area (Å²) in [4.78, 5) is 14.5. The summed E-state index contributed by atoms with van der Waals surface area (Å²) in [5, 5.41) is 9.26. The van der Waals surface area contributed by atoms with Crippen molar-refractivity contribution in [2.75, 3.05) is 0 Å². The van der Waals surface area contributed by atoms with Crippen LogP contribution in [0.2, 0.25) is 0 Å². The zero-order valence-electron chi connectivity index (χ0n) is 11.0. The Kier molecular flexibility index (Phi) is 4.12. The molecule has 0 amide bonds. The van der Waals surface area contributed by atoms with Gasteiger partial charge in [-0.2, -0.15) is 4.83 Å². The van der Waals surface area contributed by atoms with Gasteiger partial charge in [-0.05, 0) is 37.1 Å². The molecule has 0 heterocycles. The van der Waals surface area contributed by atoms with Gasteiger partial charge in [0.15, 0.2) is 10.5 Å². The first kappa shape index (κ1) is 15.0. The van der Waals surface area contributed by atoms with Crippen LogP contribution in [0.15, 0.2) is 24.3 Å². The van der Waals surface area contributed by atoms with Gasteiger partial charge in [-0.25, -0.2) is 8.42 Å². The predicted molar refractivity (Wildman–Crippen MR) is 74.5 cm³/mol. The number of carbonyl (C=O) groups is 1. The minimum Gasteiger partial charge on any atom is -0.508 e. The third-order valence-electron chi connectivity index (χ3n) is 3.87. The molecule has 1 aromatic carbocycles. The number of hydrogen-bond donors (Lipinski definition) is 3. The van der Waals surface area contributed by atoms with Crippen LogP contribution >= 0.6 is 0 Å². The highest BCUT2D eigenvalue weighted by molar-refractivity contribution is 7.91. The lowest BCUT2D eigenvalue weighted by atomic mass is 9.83. The molecule has 0 radical (unpaired) electrons. The maximum atomic E-state index is 12.7. The maximum Gasteiger partial charge on any atom is 0.237 e. The molecule has 0 unspecified atom stereocenters. The normalized spacial score (nSPS) is 18.6. The van der Waals surface area contributed by atoms with E-state index in [2.05, 4.69) is 0 Å². The summed E-state index contributed by atoms with van der Waals surface area (Å²) in [6.07, 6.45) is 2.78. The lowest BCUT2D eigenvalue weighted by Crippen LogP contribution is -2.55. The molecule has 0 aromatic heterocycles. The Morgan fingerprint density at radius 3 is 2.20 bits per heavy atom. The molecular formula is C13H18N2O4S. The van der Waals surface area contributed by atoms with Crippen molar-refractivity contribution in [3.8, 4) is 5.75 Å². The van der Waals surface area contributed by atoms with E-state index in [-0.39, 0.29) is 24.2 Å². The van der Waals surface area contributed by atoms with E-state index in [0.717, 1.165) is 6.42 Å². The highest BCUT2D eigenvalue weighted by atomic mass is 32.2. The number of hydrogen-bond acceptors (Lipinski definition) is 5. The van der Waals surface area contributed by atoms with Crippen molar-refractivity contribution < 1.29 is 18.3 Å². The fourth-order valence-electron chi connectivity index (χ4n) is 2.73. The van der Waals surface area contributed by atoms with Crippen molar-refractivity contribution in [3.63, 3.8) is 0 Å². The molecule has 4 N–H and O–H groups in total. The second kappa shape index (κ2) is 5.51. The standard InChI is InChI=1S/C13H18N2O4S/c14-15-20(18,19)13(8-2-1-3-9-13)12(17)10-4-6-11(16)7-5-10/h4-7,15-16H,1-3,8-9,14H2. The molecule has 1 fully saturated rings. The van der Waals surface area contributed by atoms with E-state index in [1.54, 1.807) is 0 Å². The van der Waals surface area contributed by atoms with Crippen LogP contribution in [-0.4, -0.2) is 24.1 Å². The van der Waals surface area contributed by atoms with Gasteiger partial charge in [0, 0.05) is 5.56 Å². The summed E-state index contributed by atoms with van der Waals surface area (Å²) in [5.41, 5.74) is 0.267. The Labute approximate surface area is 118 Å². The van der Waals surface area contributed by atoms with E-state index in [0.29, 0.717) is 12.8 Å². The molecule has 0 spiro atoms. The first-order valence-electron chi connectivity index (χ1n) is 6.49. The number of phenols is 1. The summed E-state index contributed by atoms with van der Waals surface area (Å²) in [7, 11) is -3.92. The van der Waals surface area contributed by atoms with Crippen LogP contribution in [0.4, 0.5) is 0 Å². The SMILES string of the molecule is NNS(=O)(=O)C1(C(=O)c2ccc(O)cc2)CCCCC1. The first-order chi connectivity index (χ1) is 9.43. The molecule has 0 saturated heterocycles. The van der Waals surface area contributed by atoms with Crippen LogP contribution in [0, 0.1) is 0 Å². The fourth-order valence-corrected chi connectivity index (χ4v) is 4.14. The monoisotopic (exact) mass is 298 g/mol. The molecule has 1 aliphatic carbocycles. The molecule has 110 valence electrons. The summed E-state index contributed by atoms with van der Waals surface area (Å²) < 4.78 is 23.0. The van der Waals surface area contributed by atoms with Crippen molar-refractivity contribution in [1.29, 1.82) is 0 Å². The summed E-state index contributed by atoms with van der Waals surface area (Å²) in [5.74, 6) is 4.70. The van der Waals surface area contributed by atoms with E-state index >= 15 is 0 Å². The van der Waals surface area contributed by atoms with Crippen molar-refractivity contribution in [2.45, 2.75) is 36.9 Å². The largest absolute Gasteiger partial charge is 0.508 e. The molecule has 0 atom stereocenters. The Bertz CT molecular complexity index is 589. The average molecular weight is 298 g/mol. The predicted octanol–water partition coefficient (Wildman–Crippen LogP) is 1.07. The first-order valence-corrected chi connectivity index (χ1v) is 7.97. The van der Waals surface area contributed by atoms with Gasteiger partial charge < -0.3 is 5.11 Å². The van der Waals surface area contributed by atoms with Gasteiger partial charge in [-0.3, -0.25) is 10.6 Å². The van der Waals surface area contributed by atoms with Crippen LogP contribution in [0.1, 0.15) is 42.5 Å². The van der Waals surface area contributed by atoms with Gasteiger partial charge in [0.2, 0.25) is 10.0 Å². The number of ketones is 1. The van der Waals surface area contributed by atoms with Crippen LogP contribution in [0.25, 0.3) is 0 Å². The van der Waals surface area contributed by atoms with Gasteiger partial charge in [0.05, 0.1) is 0 Å². The molecule has 2 rings (SSSR count). The number of sulfonamides is 1. The molecule has 0 aliphatic heterocycles. The number of hydrazine groups is 1. The lowest BCUT2D eigenvalue weighted by molar-refractivity contribution is 0.0911.